The fourth-order valence-electron chi connectivity index (χ4n) is 18.2. The second kappa shape index (κ2) is 82.1. The number of carbonyl (C=O) groups is 4. The fraction of sp³-hybridized carbons (Fsp3) is 0.763. The second-order valence-corrected chi connectivity index (χ2v) is 39.2. The van der Waals surface area contributed by atoms with E-state index in [2.05, 4.69) is 55.4 Å². The third-order valence-electron chi connectivity index (χ3n) is 26.8. The molecule has 134 heavy (non-hydrogen) atoms. The first-order valence-corrected chi connectivity index (χ1v) is 56.8. The number of benzene rings is 4. The van der Waals surface area contributed by atoms with Crippen molar-refractivity contribution in [1.82, 2.24) is 19.6 Å². The number of rotatable bonds is 84. The zero-order valence-corrected chi connectivity index (χ0v) is 87.6. The van der Waals surface area contributed by atoms with E-state index < -0.39 is 0 Å². The summed E-state index contributed by atoms with van der Waals surface area (Å²) in [4.78, 5) is 72.2. The third-order valence-corrected chi connectivity index (χ3v) is 26.8. The first-order valence-electron chi connectivity index (χ1n) is 56.8. The van der Waals surface area contributed by atoms with E-state index in [1.165, 1.54) is 257 Å². The van der Waals surface area contributed by atoms with Crippen molar-refractivity contribution in [3.05, 3.63) is 95.1 Å². The van der Waals surface area contributed by atoms with Gasteiger partial charge in [-0.05, 0) is 113 Å². The quantitative estimate of drug-likeness (QED) is 0.0386. The minimum absolute atomic E-state index is 0.167. The van der Waals surface area contributed by atoms with Crippen LogP contribution >= 0.6 is 0 Å². The van der Waals surface area contributed by atoms with Crippen LogP contribution in [-0.2, 0) is 0 Å². The van der Waals surface area contributed by atoms with Crippen molar-refractivity contribution in [2.75, 3.05) is 105 Å². The lowest BCUT2D eigenvalue weighted by atomic mass is 10.1. The van der Waals surface area contributed by atoms with Gasteiger partial charge in [0.05, 0.1) is 52.9 Å². The number of amides is 4. The predicted molar refractivity (Wildman–Crippen MR) is 563 cm³/mol. The molecule has 16 nitrogen and oxygen atoms in total. The molecule has 1 aliphatic rings. The summed E-state index contributed by atoms with van der Waals surface area (Å²) in [7, 11) is 0. The Morgan fingerprint density at radius 1 is 0.164 bits per heavy atom. The highest BCUT2D eigenvalue weighted by Crippen LogP contribution is 2.33. The molecular weight excluding hydrogens is 1670 g/mol. The van der Waals surface area contributed by atoms with E-state index in [0.717, 1.165) is 154 Å². The van der Waals surface area contributed by atoms with Crippen LogP contribution in [0.5, 0.6) is 46.0 Å². The van der Waals surface area contributed by atoms with Gasteiger partial charge in [0.15, 0.2) is 0 Å². The van der Waals surface area contributed by atoms with Crippen molar-refractivity contribution >= 4 is 23.6 Å². The summed E-state index contributed by atoms with van der Waals surface area (Å²) in [5, 5.41) is 0. The van der Waals surface area contributed by atoms with E-state index in [4.69, 9.17) is 37.9 Å². The molecule has 0 bridgehead atoms. The molecule has 0 atom stereocenters. The van der Waals surface area contributed by atoms with Gasteiger partial charge in [0.1, 0.15) is 46.0 Å². The molecule has 16 heteroatoms. The van der Waals surface area contributed by atoms with Gasteiger partial charge in [0, 0.05) is 98.9 Å². The van der Waals surface area contributed by atoms with Crippen molar-refractivity contribution in [2.24, 2.45) is 0 Å². The number of ether oxygens (including phenoxy) is 8. The lowest BCUT2D eigenvalue weighted by Crippen LogP contribution is -2.46. The van der Waals surface area contributed by atoms with Gasteiger partial charge in [-0.25, -0.2) is 0 Å². The normalized spacial score (nSPS) is 12.9. The van der Waals surface area contributed by atoms with Crippen molar-refractivity contribution < 1.29 is 57.1 Å². The minimum atomic E-state index is -0.216. The predicted octanol–water partition coefficient (Wildman–Crippen LogP) is 33.5. The van der Waals surface area contributed by atoms with Gasteiger partial charge in [-0.15, -0.1) is 0 Å². The Bertz CT molecular complexity index is 2900. The van der Waals surface area contributed by atoms with Gasteiger partial charge in [0.2, 0.25) is 0 Å². The van der Waals surface area contributed by atoms with Crippen molar-refractivity contribution in [3.63, 3.8) is 0 Å². The molecule has 764 valence electrons. The highest BCUT2D eigenvalue weighted by Gasteiger charge is 2.29. The Kier molecular flexibility index (Phi) is 72.1. The minimum Gasteiger partial charge on any atom is -0.493 e. The van der Waals surface area contributed by atoms with Gasteiger partial charge < -0.3 is 57.5 Å². The van der Waals surface area contributed by atoms with Crippen LogP contribution in [0.15, 0.2) is 72.8 Å². The standard InChI is InChI=1S/C118H200N4O12/c1-9-17-25-33-41-49-57-65-83-127-107-91-103(92-108(99-107)128-84-66-58-50-42-34-26-18-10-2)115(123)119-75-73-76-121(117(125)105-95-111(131-87-69-61-53-45-37-29-21-13-5)101-112(96-105)132-88-70-62-54-46-38-30-22-14-6)81-82-122(118(126)106-97-113(133-89-71-63-55-47-39-31-23-15-7)102-114(98-106)134-90-72-64-56-48-40-32-24-16-8)78-74-77-120(80-79-119)116(124)104-93-109(129-85-67-59-51-43-35-27-19-11-3)100-110(94-104)130-86-68-60-52-44-36-28-20-12-4/h91-102H,9-90H2,1-8H3. The Labute approximate surface area is 820 Å². The summed E-state index contributed by atoms with van der Waals surface area (Å²) in [5.41, 5.74) is 1.77. The average molecular weight is 1870 g/mol. The highest BCUT2D eigenvalue weighted by atomic mass is 16.5. The van der Waals surface area contributed by atoms with Crippen molar-refractivity contribution in [2.45, 2.75) is 479 Å². The number of unbranched alkanes of at least 4 members (excludes halogenated alkanes) is 56. The number of carbonyl (C=O) groups excluding carboxylic acids is 4. The van der Waals surface area contributed by atoms with Crippen molar-refractivity contribution in [1.29, 1.82) is 0 Å². The maximum atomic E-state index is 16.2. The summed E-state index contributed by atoms with van der Waals surface area (Å²) >= 11 is 0. The van der Waals surface area contributed by atoms with Gasteiger partial charge in [-0.2, -0.15) is 0 Å². The molecule has 0 N–H and O–H groups in total. The van der Waals surface area contributed by atoms with Crippen LogP contribution in [0.4, 0.5) is 0 Å². The van der Waals surface area contributed by atoms with Crippen LogP contribution in [0.2, 0.25) is 0 Å². The first kappa shape index (κ1) is 118. The molecule has 4 aromatic carbocycles. The SMILES string of the molecule is CCCCCCCCCCOc1cc(OCCCCCCCCCC)cc(C(=O)N2CCCN(C(=O)c3cc(OCCCCCCCCCC)cc(OCCCCCCCCCC)c3)CCN(C(=O)c3cc(OCCCCCCCCCC)cc(OCCCCCCCCCC)c3)CCCN(C(=O)c3cc(OCCCCCCCCCC)cc(OCCCCCCCCCC)c3)CC2)c1. The van der Waals surface area contributed by atoms with E-state index >= 15 is 19.2 Å². The summed E-state index contributed by atoms with van der Waals surface area (Å²) in [6.07, 6.45) is 75.9. The Morgan fingerprint density at radius 2 is 0.276 bits per heavy atom. The Morgan fingerprint density at radius 3 is 0.396 bits per heavy atom. The zero-order chi connectivity index (χ0) is 95.7. The molecule has 1 aliphatic heterocycles. The van der Waals surface area contributed by atoms with Crippen LogP contribution in [-0.4, -0.2) is 148 Å². The van der Waals surface area contributed by atoms with E-state index in [1.54, 1.807) is 0 Å². The summed E-state index contributed by atoms with van der Waals surface area (Å²) < 4.78 is 53.2. The maximum absolute atomic E-state index is 16.2. The van der Waals surface area contributed by atoms with Crippen LogP contribution in [0.1, 0.15) is 521 Å². The lowest BCUT2D eigenvalue weighted by Gasteiger charge is -2.33. The van der Waals surface area contributed by atoms with Crippen LogP contribution in [0.25, 0.3) is 0 Å². The number of hydrogen-bond acceptors (Lipinski definition) is 12. The number of nitrogens with zero attached hydrogens (tertiary/aromatic N) is 4. The molecular formula is C118H200N4O12. The average Bonchev–Trinajstić information content (AvgIpc) is 0.822. The molecule has 4 aromatic rings. The molecule has 0 saturated carbocycles. The summed E-state index contributed by atoms with van der Waals surface area (Å²) in [5.74, 6) is 3.88. The smallest absolute Gasteiger partial charge is 0.254 e. The topological polar surface area (TPSA) is 155 Å². The van der Waals surface area contributed by atoms with Gasteiger partial charge in [0.25, 0.3) is 23.6 Å². The first-order chi connectivity index (χ1) is 66.0. The van der Waals surface area contributed by atoms with Gasteiger partial charge >= 0.3 is 0 Å². The third kappa shape index (κ3) is 57.5. The van der Waals surface area contributed by atoms with E-state index in [9.17, 15) is 0 Å². The van der Waals surface area contributed by atoms with Gasteiger partial charge in [-0.3, -0.25) is 19.2 Å². The molecule has 0 spiro atoms. The molecule has 4 amide bonds. The number of hydrogen-bond donors (Lipinski definition) is 0. The fourth-order valence-corrected chi connectivity index (χ4v) is 18.2. The summed E-state index contributed by atoms with van der Waals surface area (Å²) in [6.45, 7) is 23.9. The van der Waals surface area contributed by atoms with Crippen LogP contribution in [0, 0.1) is 0 Å². The van der Waals surface area contributed by atoms with Crippen LogP contribution in [0.3, 0.4) is 0 Å². The van der Waals surface area contributed by atoms with E-state index in [1.807, 2.05) is 92.4 Å². The highest BCUT2D eigenvalue weighted by molar-refractivity contribution is 5.98. The maximum Gasteiger partial charge on any atom is 0.254 e. The van der Waals surface area contributed by atoms with E-state index in [0.29, 0.717) is 134 Å². The molecule has 1 fully saturated rings. The lowest BCUT2D eigenvalue weighted by molar-refractivity contribution is 0.0594. The molecule has 0 aromatic heterocycles. The Balaban J connectivity index is 1.67. The molecule has 0 aliphatic carbocycles. The Hall–Kier alpha value is -6.84. The zero-order valence-electron chi connectivity index (χ0n) is 87.6. The van der Waals surface area contributed by atoms with E-state index in [-0.39, 0.29) is 76.0 Å². The monoisotopic (exact) mass is 1870 g/mol. The second-order valence-electron chi connectivity index (χ2n) is 39.2. The molecule has 0 unspecified atom stereocenters. The molecule has 5 rings (SSSR count). The van der Waals surface area contributed by atoms with Crippen LogP contribution < -0.4 is 37.9 Å². The molecule has 1 saturated heterocycles. The largest absolute Gasteiger partial charge is 0.493 e. The molecule has 0 radical (unpaired) electrons. The summed E-state index contributed by atoms with van der Waals surface area (Å²) in [6, 6.07) is 22.8. The van der Waals surface area contributed by atoms with Crippen molar-refractivity contribution in [3.8, 4) is 46.0 Å². The molecule has 1 heterocycles. The van der Waals surface area contributed by atoms with Gasteiger partial charge in [-0.1, -0.05) is 415 Å².